The quantitative estimate of drug-likeness (QED) is 0.555. The van der Waals surface area contributed by atoms with Crippen LogP contribution in [0.3, 0.4) is 0 Å². The fourth-order valence-corrected chi connectivity index (χ4v) is 3.48. The number of rotatable bonds is 5. The van der Waals surface area contributed by atoms with E-state index in [4.69, 9.17) is 4.42 Å². The number of nitro groups is 1. The third kappa shape index (κ3) is 3.52. The molecule has 26 heavy (non-hydrogen) atoms. The fraction of sp³-hybridized carbons (Fsp3) is 0.316. The minimum Gasteiger partial charge on any atom is -0.463 e. The Morgan fingerprint density at radius 3 is 2.65 bits per heavy atom. The first kappa shape index (κ1) is 16.5. The molecule has 0 aliphatic carbocycles. The first-order valence-electron chi connectivity index (χ1n) is 8.74. The Morgan fingerprint density at radius 2 is 2.00 bits per heavy atom. The maximum absolute atomic E-state index is 10.7. The van der Waals surface area contributed by atoms with E-state index in [1.54, 1.807) is 18.4 Å². The molecule has 0 saturated carbocycles. The zero-order valence-corrected chi connectivity index (χ0v) is 14.3. The van der Waals surface area contributed by atoms with Gasteiger partial charge in [-0.2, -0.15) is 5.10 Å². The van der Waals surface area contributed by atoms with Crippen molar-refractivity contribution in [1.29, 1.82) is 0 Å². The van der Waals surface area contributed by atoms with Gasteiger partial charge in [-0.25, -0.2) is 0 Å². The van der Waals surface area contributed by atoms with Crippen LogP contribution < -0.4 is 0 Å². The van der Waals surface area contributed by atoms with Gasteiger partial charge in [-0.15, -0.1) is 0 Å². The molecule has 1 aliphatic rings. The molecule has 3 aromatic rings. The summed E-state index contributed by atoms with van der Waals surface area (Å²) in [5.41, 5.74) is 3.25. The Hall–Kier alpha value is -2.93. The second-order valence-electron chi connectivity index (χ2n) is 6.66. The number of piperidine rings is 1. The van der Waals surface area contributed by atoms with Crippen molar-refractivity contribution in [2.24, 2.45) is 0 Å². The maximum atomic E-state index is 10.7. The van der Waals surface area contributed by atoms with Gasteiger partial charge in [-0.1, -0.05) is 12.1 Å². The van der Waals surface area contributed by atoms with Crippen molar-refractivity contribution in [2.75, 3.05) is 13.1 Å². The lowest BCUT2D eigenvalue weighted by Crippen LogP contribution is -2.32. The van der Waals surface area contributed by atoms with Crippen molar-refractivity contribution < 1.29 is 9.34 Å². The number of aromatic nitrogens is 2. The average molecular weight is 352 g/mol. The number of nitro benzene ring substituents is 1. The predicted molar refractivity (Wildman–Crippen MR) is 96.6 cm³/mol. The monoisotopic (exact) mass is 352 g/mol. The zero-order valence-electron chi connectivity index (χ0n) is 14.3. The number of non-ortho nitro benzene ring substituents is 1. The molecule has 1 aromatic carbocycles. The molecule has 1 aliphatic heterocycles. The number of hydrogen-bond acceptors (Lipinski definition) is 5. The maximum Gasteiger partial charge on any atom is 0.269 e. The second kappa shape index (κ2) is 7.13. The number of hydrogen-bond donors (Lipinski definition) is 1. The van der Waals surface area contributed by atoms with Crippen molar-refractivity contribution in [2.45, 2.75) is 25.3 Å². The van der Waals surface area contributed by atoms with Crippen molar-refractivity contribution in [3.63, 3.8) is 0 Å². The molecule has 2 aromatic heterocycles. The van der Waals surface area contributed by atoms with Crippen LogP contribution in [-0.4, -0.2) is 33.1 Å². The third-order valence-electron chi connectivity index (χ3n) is 4.95. The first-order valence-corrected chi connectivity index (χ1v) is 8.74. The molecule has 0 unspecified atom stereocenters. The summed E-state index contributed by atoms with van der Waals surface area (Å²) >= 11 is 0. The summed E-state index contributed by atoms with van der Waals surface area (Å²) < 4.78 is 5.39. The Labute approximate surface area is 150 Å². The molecule has 7 nitrogen and oxygen atoms in total. The topological polar surface area (TPSA) is 88.2 Å². The lowest BCUT2D eigenvalue weighted by Gasteiger charge is -2.31. The van der Waals surface area contributed by atoms with Crippen LogP contribution in [0.4, 0.5) is 5.69 Å². The molecular weight excluding hydrogens is 332 g/mol. The van der Waals surface area contributed by atoms with Crippen LogP contribution in [0.2, 0.25) is 0 Å². The van der Waals surface area contributed by atoms with Gasteiger partial charge in [-0.3, -0.25) is 20.1 Å². The summed E-state index contributed by atoms with van der Waals surface area (Å²) in [4.78, 5) is 12.8. The van der Waals surface area contributed by atoms with Crippen LogP contribution >= 0.6 is 0 Å². The van der Waals surface area contributed by atoms with Crippen molar-refractivity contribution in [3.8, 4) is 11.5 Å². The van der Waals surface area contributed by atoms with E-state index in [0.717, 1.165) is 55.2 Å². The van der Waals surface area contributed by atoms with Crippen LogP contribution in [0.5, 0.6) is 0 Å². The molecule has 0 atom stereocenters. The largest absolute Gasteiger partial charge is 0.463 e. The predicted octanol–water partition coefficient (Wildman–Crippen LogP) is 3.96. The van der Waals surface area contributed by atoms with E-state index in [1.165, 1.54) is 0 Å². The number of nitrogens with one attached hydrogen (secondary N) is 1. The molecule has 0 radical (unpaired) electrons. The van der Waals surface area contributed by atoms with Gasteiger partial charge in [0.05, 0.1) is 11.2 Å². The van der Waals surface area contributed by atoms with Gasteiger partial charge in [0.25, 0.3) is 5.69 Å². The number of furan rings is 1. The number of likely N-dealkylation sites (tertiary alicyclic amines) is 1. The highest BCUT2D eigenvalue weighted by Gasteiger charge is 2.23. The van der Waals surface area contributed by atoms with Crippen LogP contribution in [0.25, 0.3) is 11.5 Å². The van der Waals surface area contributed by atoms with Gasteiger partial charge in [0.2, 0.25) is 0 Å². The summed E-state index contributed by atoms with van der Waals surface area (Å²) in [6, 6.07) is 12.7. The molecule has 0 amide bonds. The fourth-order valence-electron chi connectivity index (χ4n) is 3.48. The van der Waals surface area contributed by atoms with Crippen LogP contribution in [0, 0.1) is 10.1 Å². The SMILES string of the molecule is O=[N+]([O-])c1ccc(CN2CCC(c3cc(-c4ccco4)n[nH]3)CC2)cc1. The van der Waals surface area contributed by atoms with Gasteiger partial charge >= 0.3 is 0 Å². The van der Waals surface area contributed by atoms with Crippen LogP contribution in [0.15, 0.2) is 53.1 Å². The smallest absolute Gasteiger partial charge is 0.269 e. The summed E-state index contributed by atoms with van der Waals surface area (Å²) in [7, 11) is 0. The molecule has 1 N–H and O–H groups in total. The van der Waals surface area contributed by atoms with E-state index in [2.05, 4.69) is 21.2 Å². The van der Waals surface area contributed by atoms with E-state index >= 15 is 0 Å². The molecular formula is C19H20N4O3. The highest BCUT2D eigenvalue weighted by atomic mass is 16.6. The Balaban J connectivity index is 1.33. The summed E-state index contributed by atoms with van der Waals surface area (Å²) in [6.45, 7) is 2.82. The highest BCUT2D eigenvalue weighted by molar-refractivity contribution is 5.52. The third-order valence-corrected chi connectivity index (χ3v) is 4.95. The summed E-state index contributed by atoms with van der Waals surface area (Å²) in [6.07, 6.45) is 3.78. The standard InChI is InChI=1S/C19H20N4O3/c24-23(25)16-5-3-14(4-6-16)13-22-9-7-15(8-10-22)17-12-18(21-20-17)19-2-1-11-26-19/h1-6,11-12,15H,7-10,13H2,(H,20,21). The van der Waals surface area contributed by atoms with Crippen LogP contribution in [0.1, 0.15) is 30.0 Å². The Morgan fingerprint density at radius 1 is 1.23 bits per heavy atom. The highest BCUT2D eigenvalue weighted by Crippen LogP contribution is 2.30. The van der Waals surface area contributed by atoms with Crippen molar-refractivity contribution in [3.05, 3.63) is 70.1 Å². The zero-order chi connectivity index (χ0) is 17.9. The van der Waals surface area contributed by atoms with Crippen LogP contribution in [-0.2, 0) is 6.54 Å². The van der Waals surface area contributed by atoms with Gasteiger partial charge in [0.1, 0.15) is 5.69 Å². The van der Waals surface area contributed by atoms with Gasteiger partial charge < -0.3 is 4.42 Å². The van der Waals surface area contributed by atoms with E-state index < -0.39 is 0 Å². The summed E-state index contributed by atoms with van der Waals surface area (Å²) in [5.74, 6) is 1.25. The van der Waals surface area contributed by atoms with E-state index in [0.29, 0.717) is 5.92 Å². The molecule has 134 valence electrons. The molecule has 7 heteroatoms. The van der Waals surface area contributed by atoms with E-state index in [1.807, 2.05) is 24.3 Å². The van der Waals surface area contributed by atoms with E-state index in [-0.39, 0.29) is 10.6 Å². The number of H-pyrrole nitrogens is 1. The minimum atomic E-state index is -0.364. The van der Waals surface area contributed by atoms with E-state index in [9.17, 15) is 10.1 Å². The summed E-state index contributed by atoms with van der Waals surface area (Å²) in [5, 5.41) is 18.2. The van der Waals surface area contributed by atoms with Gasteiger partial charge in [0, 0.05) is 30.3 Å². The number of aromatic amines is 1. The molecule has 3 heterocycles. The first-order chi connectivity index (χ1) is 12.7. The Kier molecular flexibility index (Phi) is 4.53. The lowest BCUT2D eigenvalue weighted by molar-refractivity contribution is -0.384. The second-order valence-corrected chi connectivity index (χ2v) is 6.66. The molecule has 1 fully saturated rings. The molecule has 0 bridgehead atoms. The number of benzene rings is 1. The number of nitrogens with zero attached hydrogens (tertiary/aromatic N) is 3. The van der Waals surface area contributed by atoms with Gasteiger partial charge in [-0.05, 0) is 49.7 Å². The lowest BCUT2D eigenvalue weighted by atomic mass is 9.93. The average Bonchev–Trinajstić information content (AvgIpc) is 3.34. The molecule has 0 spiro atoms. The van der Waals surface area contributed by atoms with Crippen molar-refractivity contribution in [1.82, 2.24) is 15.1 Å². The van der Waals surface area contributed by atoms with Gasteiger partial charge in [0.15, 0.2) is 5.76 Å². The molecule has 1 saturated heterocycles. The van der Waals surface area contributed by atoms with Crippen molar-refractivity contribution >= 4 is 5.69 Å². The minimum absolute atomic E-state index is 0.138. The Bertz CT molecular complexity index is 863. The normalized spacial score (nSPS) is 16.0. The molecule has 4 rings (SSSR count).